The van der Waals surface area contributed by atoms with Gasteiger partial charge in [-0.25, -0.2) is 19.7 Å². The third-order valence-corrected chi connectivity index (χ3v) is 3.63. The van der Waals surface area contributed by atoms with Crippen molar-refractivity contribution in [1.29, 1.82) is 0 Å². The van der Waals surface area contributed by atoms with Crippen LogP contribution in [0.25, 0.3) is 0 Å². The molecular formula is C12H14N4O3S. The van der Waals surface area contributed by atoms with Crippen LogP contribution >= 0.6 is 11.8 Å². The van der Waals surface area contributed by atoms with Gasteiger partial charge in [-0.3, -0.25) is 4.57 Å². The van der Waals surface area contributed by atoms with Gasteiger partial charge in [0.15, 0.2) is 5.16 Å². The van der Waals surface area contributed by atoms with Crippen molar-refractivity contribution in [2.24, 2.45) is 0 Å². The molecule has 0 fully saturated rings. The summed E-state index contributed by atoms with van der Waals surface area (Å²) in [7, 11) is 0. The minimum absolute atomic E-state index is 0.0103. The number of carboxylic acid groups (broad SMARTS) is 1. The minimum Gasteiger partial charge on any atom is -0.477 e. The van der Waals surface area contributed by atoms with E-state index in [4.69, 9.17) is 5.11 Å². The van der Waals surface area contributed by atoms with E-state index in [1.54, 1.807) is 10.6 Å². The second-order valence-electron chi connectivity index (χ2n) is 4.11. The molecule has 2 heterocycles. The summed E-state index contributed by atoms with van der Waals surface area (Å²) in [6, 6.07) is 3.26. The summed E-state index contributed by atoms with van der Waals surface area (Å²) >= 11 is 1.38. The zero-order valence-corrected chi connectivity index (χ0v) is 11.7. The van der Waals surface area contributed by atoms with Crippen molar-refractivity contribution >= 4 is 17.7 Å². The molecule has 0 spiro atoms. The molecule has 7 nitrogen and oxygen atoms in total. The molecule has 106 valence electrons. The van der Waals surface area contributed by atoms with Crippen LogP contribution < -0.4 is 5.69 Å². The van der Waals surface area contributed by atoms with Crippen LogP contribution in [0.3, 0.4) is 0 Å². The fourth-order valence-corrected chi connectivity index (χ4v) is 2.58. The highest BCUT2D eigenvalue weighted by atomic mass is 32.2. The first-order valence-corrected chi connectivity index (χ1v) is 7.06. The van der Waals surface area contributed by atoms with Crippen molar-refractivity contribution in [3.63, 3.8) is 0 Å². The molecule has 2 aromatic rings. The molecule has 0 unspecified atom stereocenters. The van der Waals surface area contributed by atoms with E-state index in [0.29, 0.717) is 17.5 Å². The molecule has 0 aliphatic carbocycles. The molecule has 0 aromatic carbocycles. The maximum absolute atomic E-state index is 11.5. The van der Waals surface area contributed by atoms with Gasteiger partial charge in [0.05, 0.1) is 0 Å². The predicted octanol–water partition coefficient (Wildman–Crippen LogP) is 1.37. The molecule has 0 radical (unpaired) electrons. The van der Waals surface area contributed by atoms with Gasteiger partial charge in [0.1, 0.15) is 5.69 Å². The van der Waals surface area contributed by atoms with Gasteiger partial charge in [-0.05, 0) is 24.1 Å². The van der Waals surface area contributed by atoms with E-state index >= 15 is 0 Å². The number of hydrogen-bond acceptors (Lipinski definition) is 5. The van der Waals surface area contributed by atoms with Crippen LogP contribution in [-0.2, 0) is 12.3 Å². The smallest absolute Gasteiger partial charge is 0.354 e. The molecule has 0 amide bonds. The van der Waals surface area contributed by atoms with Crippen LogP contribution in [0.1, 0.15) is 29.4 Å². The molecule has 2 aromatic heterocycles. The Bertz CT molecular complexity index is 665. The summed E-state index contributed by atoms with van der Waals surface area (Å²) in [6.07, 6.45) is 2.30. The highest BCUT2D eigenvalue weighted by Gasteiger charge is 2.10. The number of nitrogens with zero attached hydrogens (tertiary/aromatic N) is 3. The van der Waals surface area contributed by atoms with Crippen LogP contribution in [0.4, 0.5) is 0 Å². The number of aromatic nitrogens is 4. The van der Waals surface area contributed by atoms with Gasteiger partial charge in [-0.1, -0.05) is 18.7 Å². The largest absolute Gasteiger partial charge is 0.477 e. The summed E-state index contributed by atoms with van der Waals surface area (Å²) in [6.45, 7) is 2.59. The Morgan fingerprint density at radius 1 is 1.55 bits per heavy atom. The number of carbonyl (C=O) groups is 1. The average Bonchev–Trinajstić information content (AvgIpc) is 2.78. The Balaban J connectivity index is 2.11. The van der Waals surface area contributed by atoms with E-state index in [0.717, 1.165) is 12.0 Å². The quantitative estimate of drug-likeness (QED) is 0.780. The number of H-pyrrole nitrogens is 1. The molecule has 0 aliphatic rings. The second-order valence-corrected chi connectivity index (χ2v) is 5.05. The van der Waals surface area contributed by atoms with E-state index in [2.05, 4.69) is 15.2 Å². The number of carboxylic acids is 1. The van der Waals surface area contributed by atoms with Crippen LogP contribution in [0.2, 0.25) is 0 Å². The van der Waals surface area contributed by atoms with Crippen molar-refractivity contribution in [3.05, 3.63) is 40.1 Å². The van der Waals surface area contributed by atoms with Crippen molar-refractivity contribution < 1.29 is 9.90 Å². The van der Waals surface area contributed by atoms with Gasteiger partial charge in [0, 0.05) is 18.5 Å². The van der Waals surface area contributed by atoms with Crippen molar-refractivity contribution in [3.8, 4) is 0 Å². The molecule has 0 atom stereocenters. The Hall–Kier alpha value is -2.09. The summed E-state index contributed by atoms with van der Waals surface area (Å²) in [5, 5.41) is 15.9. The van der Waals surface area contributed by atoms with Gasteiger partial charge in [0.2, 0.25) is 0 Å². The molecule has 0 saturated carbocycles. The van der Waals surface area contributed by atoms with Gasteiger partial charge >= 0.3 is 11.7 Å². The van der Waals surface area contributed by atoms with Crippen LogP contribution in [0, 0.1) is 0 Å². The van der Waals surface area contributed by atoms with E-state index in [-0.39, 0.29) is 11.4 Å². The molecule has 0 bridgehead atoms. The molecule has 2 rings (SSSR count). The summed E-state index contributed by atoms with van der Waals surface area (Å²) < 4.78 is 1.57. The number of thioether (sulfide) groups is 1. The van der Waals surface area contributed by atoms with Gasteiger partial charge < -0.3 is 5.11 Å². The van der Waals surface area contributed by atoms with Crippen LogP contribution in [-0.4, -0.2) is 30.8 Å². The Kier molecular flexibility index (Phi) is 4.57. The molecular weight excluding hydrogens is 280 g/mol. The van der Waals surface area contributed by atoms with Crippen LogP contribution in [0.15, 0.2) is 28.3 Å². The van der Waals surface area contributed by atoms with Crippen LogP contribution in [0.5, 0.6) is 0 Å². The maximum Gasteiger partial charge on any atom is 0.354 e. The second kappa shape index (κ2) is 6.38. The van der Waals surface area contributed by atoms with Crippen molar-refractivity contribution in [1.82, 2.24) is 19.7 Å². The normalized spacial score (nSPS) is 10.7. The monoisotopic (exact) mass is 294 g/mol. The van der Waals surface area contributed by atoms with E-state index in [1.165, 1.54) is 24.0 Å². The van der Waals surface area contributed by atoms with Crippen molar-refractivity contribution in [2.45, 2.75) is 30.8 Å². The SMILES string of the molecule is CCCn1c(SCc2ccnc(C(=O)O)c2)n[nH]c1=O. The fraction of sp³-hybridized carbons (Fsp3) is 0.333. The lowest BCUT2D eigenvalue weighted by molar-refractivity contribution is 0.0690. The highest BCUT2D eigenvalue weighted by Crippen LogP contribution is 2.19. The van der Waals surface area contributed by atoms with Gasteiger partial charge in [0.25, 0.3) is 0 Å². The number of pyridine rings is 1. The first-order valence-electron chi connectivity index (χ1n) is 6.08. The Morgan fingerprint density at radius 2 is 2.35 bits per heavy atom. The molecule has 2 N–H and O–H groups in total. The molecule has 0 aliphatic heterocycles. The van der Waals surface area contributed by atoms with E-state index in [1.807, 2.05) is 6.92 Å². The molecule has 8 heteroatoms. The van der Waals surface area contributed by atoms with Crippen molar-refractivity contribution in [2.75, 3.05) is 0 Å². The van der Waals surface area contributed by atoms with E-state index in [9.17, 15) is 9.59 Å². The first-order chi connectivity index (χ1) is 9.61. The Morgan fingerprint density at radius 3 is 3.05 bits per heavy atom. The Labute approximate surface area is 119 Å². The number of rotatable bonds is 6. The average molecular weight is 294 g/mol. The zero-order chi connectivity index (χ0) is 14.5. The lowest BCUT2D eigenvalue weighted by atomic mass is 10.2. The number of aromatic carboxylic acids is 1. The highest BCUT2D eigenvalue weighted by molar-refractivity contribution is 7.98. The lowest BCUT2D eigenvalue weighted by Gasteiger charge is -2.04. The standard InChI is InChI=1S/C12H14N4O3S/c1-2-5-16-11(19)14-15-12(16)20-7-8-3-4-13-9(6-8)10(17)18/h3-4,6H,2,5,7H2,1H3,(H,14,19)(H,17,18). The zero-order valence-electron chi connectivity index (χ0n) is 10.9. The summed E-state index contributed by atoms with van der Waals surface area (Å²) in [5.74, 6) is -0.531. The third-order valence-electron chi connectivity index (χ3n) is 2.58. The summed E-state index contributed by atoms with van der Waals surface area (Å²) in [5.41, 5.74) is 0.604. The minimum atomic E-state index is -1.06. The third kappa shape index (κ3) is 3.27. The topological polar surface area (TPSA) is 101 Å². The first kappa shape index (κ1) is 14.3. The predicted molar refractivity (Wildman–Crippen MR) is 73.9 cm³/mol. The molecule has 20 heavy (non-hydrogen) atoms. The maximum atomic E-state index is 11.5. The number of nitrogens with one attached hydrogen (secondary N) is 1. The van der Waals surface area contributed by atoms with Gasteiger partial charge in [-0.2, -0.15) is 0 Å². The fourth-order valence-electron chi connectivity index (χ4n) is 1.66. The number of hydrogen-bond donors (Lipinski definition) is 2. The van der Waals surface area contributed by atoms with E-state index < -0.39 is 5.97 Å². The van der Waals surface area contributed by atoms with Gasteiger partial charge in [-0.15, -0.1) is 5.10 Å². The number of aromatic amines is 1. The summed E-state index contributed by atoms with van der Waals surface area (Å²) in [4.78, 5) is 26.1. The lowest BCUT2D eigenvalue weighted by Crippen LogP contribution is -2.17. The molecule has 0 saturated heterocycles.